The first-order valence-electron chi connectivity index (χ1n) is 5.95. The number of aromatic nitrogens is 1. The average molecular weight is 242 g/mol. The van der Waals surface area contributed by atoms with E-state index in [4.69, 9.17) is 5.84 Å². The van der Waals surface area contributed by atoms with Gasteiger partial charge in [-0.1, -0.05) is 18.2 Å². The summed E-state index contributed by atoms with van der Waals surface area (Å²) in [6.45, 7) is 0. The molecule has 1 saturated carbocycles. The van der Waals surface area contributed by atoms with Gasteiger partial charge in [-0.3, -0.25) is 10.6 Å². The van der Waals surface area contributed by atoms with Crippen molar-refractivity contribution in [3.8, 4) is 0 Å². The fraction of sp³-hybridized carbons (Fsp3) is 0.231. The van der Waals surface area contributed by atoms with Gasteiger partial charge < -0.3 is 10.7 Å². The number of carbonyl (C=O) groups is 1. The van der Waals surface area contributed by atoms with Crippen LogP contribution in [0.25, 0.3) is 10.9 Å². The van der Waals surface area contributed by atoms with E-state index < -0.39 is 0 Å². The van der Waals surface area contributed by atoms with Crippen molar-refractivity contribution in [2.75, 3.05) is 5.43 Å². The number of hydrogen-bond donors (Lipinski definition) is 3. The van der Waals surface area contributed by atoms with E-state index in [1.54, 1.807) is 6.07 Å². The van der Waals surface area contributed by atoms with E-state index in [2.05, 4.69) is 15.7 Å². The van der Waals surface area contributed by atoms with Gasteiger partial charge in [-0.05, 0) is 25.0 Å². The molecule has 3 rings (SSSR count). The quantitative estimate of drug-likeness (QED) is 0.561. The molecule has 0 aliphatic heterocycles. The average Bonchev–Trinajstić information content (AvgIpc) is 3.21. The monoisotopic (exact) mass is 242 g/mol. The van der Waals surface area contributed by atoms with Gasteiger partial charge in [0.2, 0.25) is 0 Å². The van der Waals surface area contributed by atoms with Crippen molar-refractivity contribution >= 4 is 22.5 Å². The summed E-state index contributed by atoms with van der Waals surface area (Å²) in [5.41, 5.74) is 4.48. The van der Waals surface area contributed by atoms with Crippen molar-refractivity contribution in [3.63, 3.8) is 0 Å². The number of nitrogens with one attached hydrogen (secondary N) is 2. The highest BCUT2D eigenvalue weighted by atomic mass is 16.2. The Morgan fingerprint density at radius 1 is 1.33 bits per heavy atom. The minimum Gasteiger partial charge on any atom is -0.348 e. The van der Waals surface area contributed by atoms with Crippen molar-refractivity contribution < 1.29 is 4.79 Å². The maximum atomic E-state index is 12.0. The van der Waals surface area contributed by atoms with E-state index >= 15 is 0 Å². The third kappa shape index (κ3) is 2.00. The Morgan fingerprint density at radius 2 is 2.11 bits per heavy atom. The highest BCUT2D eigenvalue weighted by molar-refractivity contribution is 5.99. The first-order valence-corrected chi connectivity index (χ1v) is 5.95. The van der Waals surface area contributed by atoms with E-state index in [9.17, 15) is 4.79 Å². The summed E-state index contributed by atoms with van der Waals surface area (Å²) in [4.78, 5) is 16.3. The van der Waals surface area contributed by atoms with Gasteiger partial charge in [0.1, 0.15) is 5.69 Å². The Balaban J connectivity index is 2.03. The molecular weight excluding hydrogens is 228 g/mol. The van der Waals surface area contributed by atoms with Crippen LogP contribution in [0.3, 0.4) is 0 Å². The predicted octanol–water partition coefficient (Wildman–Crippen LogP) is 1.41. The number of hydrogen-bond acceptors (Lipinski definition) is 4. The molecule has 0 bridgehead atoms. The maximum absolute atomic E-state index is 12.0. The summed E-state index contributed by atoms with van der Waals surface area (Å²) in [6.07, 6.45) is 2.11. The number of fused-ring (bicyclic) bond motifs is 1. The molecule has 1 fully saturated rings. The van der Waals surface area contributed by atoms with E-state index in [0.29, 0.717) is 17.4 Å². The number of hydrazine groups is 1. The van der Waals surface area contributed by atoms with Gasteiger partial charge in [-0.2, -0.15) is 0 Å². The number of benzene rings is 1. The zero-order chi connectivity index (χ0) is 12.5. The van der Waals surface area contributed by atoms with Crippen LogP contribution in [0, 0.1) is 0 Å². The summed E-state index contributed by atoms with van der Waals surface area (Å²) in [5, 5.41) is 3.82. The van der Waals surface area contributed by atoms with Crippen LogP contribution in [0.2, 0.25) is 0 Å². The summed E-state index contributed by atoms with van der Waals surface area (Å²) < 4.78 is 0. The molecule has 5 heteroatoms. The Morgan fingerprint density at radius 3 is 2.83 bits per heavy atom. The molecule has 1 heterocycles. The van der Waals surface area contributed by atoms with Crippen molar-refractivity contribution in [2.45, 2.75) is 18.9 Å². The molecular formula is C13H14N4O. The normalized spacial score (nSPS) is 14.5. The largest absolute Gasteiger partial charge is 0.348 e. The Bertz CT molecular complexity index is 607. The minimum absolute atomic E-state index is 0.139. The predicted molar refractivity (Wildman–Crippen MR) is 70.0 cm³/mol. The Labute approximate surface area is 104 Å². The molecule has 18 heavy (non-hydrogen) atoms. The molecule has 1 amide bonds. The number of anilines is 1. The lowest BCUT2D eigenvalue weighted by Crippen LogP contribution is -2.26. The Hall–Kier alpha value is -2.14. The molecule has 0 saturated heterocycles. The number of nitrogens with zero attached hydrogens (tertiary/aromatic N) is 1. The summed E-state index contributed by atoms with van der Waals surface area (Å²) >= 11 is 0. The van der Waals surface area contributed by atoms with Crippen molar-refractivity contribution in [1.82, 2.24) is 10.3 Å². The second-order valence-electron chi connectivity index (χ2n) is 4.46. The second kappa shape index (κ2) is 4.27. The molecule has 0 unspecified atom stereocenters. The van der Waals surface area contributed by atoms with Crippen LogP contribution in [-0.2, 0) is 0 Å². The van der Waals surface area contributed by atoms with Crippen LogP contribution in [0.5, 0.6) is 0 Å². The minimum atomic E-state index is -0.139. The molecule has 1 aromatic carbocycles. The zero-order valence-corrected chi connectivity index (χ0v) is 9.81. The number of amides is 1. The lowest BCUT2D eigenvalue weighted by Gasteiger charge is -2.08. The molecule has 0 atom stereocenters. The SMILES string of the molecule is NNc1cc(C(=O)NC2CC2)nc2ccccc12. The van der Waals surface area contributed by atoms with Gasteiger partial charge in [0, 0.05) is 11.4 Å². The van der Waals surface area contributed by atoms with E-state index in [0.717, 1.165) is 23.7 Å². The second-order valence-corrected chi connectivity index (χ2v) is 4.46. The third-order valence-corrected chi connectivity index (χ3v) is 3.02. The van der Waals surface area contributed by atoms with Crippen LogP contribution in [0.1, 0.15) is 23.3 Å². The van der Waals surface area contributed by atoms with Gasteiger partial charge in [-0.15, -0.1) is 0 Å². The van der Waals surface area contributed by atoms with Gasteiger partial charge in [0.25, 0.3) is 5.91 Å². The molecule has 1 aliphatic rings. The number of carbonyl (C=O) groups excluding carboxylic acids is 1. The van der Waals surface area contributed by atoms with Crippen LogP contribution >= 0.6 is 0 Å². The van der Waals surface area contributed by atoms with Gasteiger partial charge in [0.15, 0.2) is 0 Å². The maximum Gasteiger partial charge on any atom is 0.270 e. The molecule has 0 spiro atoms. The van der Waals surface area contributed by atoms with Crippen molar-refractivity contribution in [1.29, 1.82) is 0 Å². The lowest BCUT2D eigenvalue weighted by molar-refractivity contribution is 0.0946. The van der Waals surface area contributed by atoms with Gasteiger partial charge >= 0.3 is 0 Å². The summed E-state index contributed by atoms with van der Waals surface area (Å²) in [6, 6.07) is 9.58. The molecule has 1 aliphatic carbocycles. The number of nitrogens with two attached hydrogens (primary N) is 1. The van der Waals surface area contributed by atoms with E-state index in [1.807, 2.05) is 24.3 Å². The summed E-state index contributed by atoms with van der Waals surface area (Å²) in [5.74, 6) is 5.35. The molecule has 4 N–H and O–H groups in total. The molecule has 0 radical (unpaired) electrons. The topological polar surface area (TPSA) is 80.0 Å². The number of nitrogen functional groups attached to an aromatic ring is 1. The lowest BCUT2D eigenvalue weighted by atomic mass is 10.1. The first-order chi connectivity index (χ1) is 8.78. The fourth-order valence-corrected chi connectivity index (χ4v) is 1.90. The van der Waals surface area contributed by atoms with Gasteiger partial charge in [0.05, 0.1) is 11.2 Å². The van der Waals surface area contributed by atoms with Crippen LogP contribution in [0.4, 0.5) is 5.69 Å². The van der Waals surface area contributed by atoms with Crippen molar-refractivity contribution in [2.24, 2.45) is 5.84 Å². The zero-order valence-electron chi connectivity index (χ0n) is 9.81. The van der Waals surface area contributed by atoms with Gasteiger partial charge in [-0.25, -0.2) is 4.98 Å². The molecule has 5 nitrogen and oxygen atoms in total. The van der Waals surface area contributed by atoms with Crippen LogP contribution < -0.4 is 16.6 Å². The van der Waals surface area contributed by atoms with E-state index in [-0.39, 0.29) is 5.91 Å². The Kier molecular flexibility index (Phi) is 2.60. The van der Waals surface area contributed by atoms with Crippen LogP contribution in [-0.4, -0.2) is 16.9 Å². The standard InChI is InChI=1S/C13H14N4O/c14-17-11-7-12(13(18)15-8-5-6-8)16-10-4-2-1-3-9(10)11/h1-4,7-8H,5-6,14H2,(H,15,18)(H,16,17). The molecule has 92 valence electrons. The van der Waals surface area contributed by atoms with Crippen LogP contribution in [0.15, 0.2) is 30.3 Å². The van der Waals surface area contributed by atoms with Crippen molar-refractivity contribution in [3.05, 3.63) is 36.0 Å². The number of para-hydroxylation sites is 1. The number of rotatable bonds is 3. The smallest absolute Gasteiger partial charge is 0.270 e. The molecule has 1 aromatic heterocycles. The van der Waals surface area contributed by atoms with E-state index in [1.165, 1.54) is 0 Å². The fourth-order valence-electron chi connectivity index (χ4n) is 1.90. The number of pyridine rings is 1. The summed E-state index contributed by atoms with van der Waals surface area (Å²) in [7, 11) is 0. The highest BCUT2D eigenvalue weighted by Gasteiger charge is 2.24. The molecule has 2 aromatic rings. The third-order valence-electron chi connectivity index (χ3n) is 3.02. The first kappa shape index (κ1) is 11.0. The highest BCUT2D eigenvalue weighted by Crippen LogP contribution is 2.23.